The second-order valence-electron chi connectivity index (χ2n) is 1.41. The molecule has 0 bridgehead atoms. The van der Waals surface area contributed by atoms with E-state index in [2.05, 4.69) is 31.9 Å². The van der Waals surface area contributed by atoms with Crippen LogP contribution in [0.3, 0.4) is 0 Å². The van der Waals surface area contributed by atoms with E-state index in [1.165, 1.54) is 0 Å². The van der Waals surface area contributed by atoms with Gasteiger partial charge in [-0.15, -0.1) is 12.4 Å². The monoisotopic (exact) mass is 270 g/mol. The first-order valence-corrected chi connectivity index (χ1v) is 3.79. The van der Waals surface area contributed by atoms with Crippen molar-refractivity contribution in [2.75, 3.05) is 0 Å². The van der Waals surface area contributed by atoms with Gasteiger partial charge in [0.25, 0.3) is 0 Å². The third-order valence-corrected chi connectivity index (χ3v) is 2.74. The molecule has 3 heteroatoms. The molecule has 0 radical (unpaired) electrons. The highest BCUT2D eigenvalue weighted by atomic mass is 79.9. The quantitative estimate of drug-likeness (QED) is 0.676. The van der Waals surface area contributed by atoms with Gasteiger partial charge in [0.2, 0.25) is 0 Å². The van der Waals surface area contributed by atoms with Crippen molar-refractivity contribution in [3.8, 4) is 0 Å². The molecule has 0 aliphatic rings. The molecule has 0 aliphatic heterocycles. The summed E-state index contributed by atoms with van der Waals surface area (Å²) < 4.78 is 2.19. The number of hydrogen-bond acceptors (Lipinski definition) is 0. The van der Waals surface area contributed by atoms with E-state index in [0.29, 0.717) is 0 Å². The normalized spacial score (nSPS) is 8.22. The van der Waals surface area contributed by atoms with Crippen LogP contribution in [0.2, 0.25) is 0 Å². The summed E-state index contributed by atoms with van der Waals surface area (Å²) >= 11 is 6.70. The molecule has 0 atom stereocenters. The van der Waals surface area contributed by atoms with Crippen LogP contribution in [0.15, 0.2) is 33.2 Å². The molecule has 0 amide bonds. The summed E-state index contributed by atoms with van der Waals surface area (Å²) in [7, 11) is 0. The first-order valence-electron chi connectivity index (χ1n) is 2.21. The third kappa shape index (κ3) is 2.70. The van der Waals surface area contributed by atoms with Crippen molar-refractivity contribution in [1.82, 2.24) is 0 Å². The van der Waals surface area contributed by atoms with Crippen LogP contribution in [0.5, 0.6) is 0 Å². The predicted molar refractivity (Wildman–Crippen MR) is 49.1 cm³/mol. The van der Waals surface area contributed by atoms with Crippen LogP contribution < -0.4 is 0 Å². The maximum absolute atomic E-state index is 3.35. The maximum atomic E-state index is 3.35. The van der Waals surface area contributed by atoms with E-state index in [9.17, 15) is 0 Å². The van der Waals surface area contributed by atoms with Gasteiger partial charge in [-0.25, -0.2) is 0 Å². The van der Waals surface area contributed by atoms with Crippen molar-refractivity contribution < 1.29 is 0 Å². The molecule has 1 aromatic rings. The SMILES string of the molecule is Brc1ccccc1Br.Cl. The van der Waals surface area contributed by atoms with E-state index in [1.807, 2.05) is 24.3 Å². The summed E-state index contributed by atoms with van der Waals surface area (Å²) in [6.45, 7) is 0. The van der Waals surface area contributed by atoms with Gasteiger partial charge in [-0.2, -0.15) is 0 Å². The standard InChI is InChI=1S/C6H4Br2.ClH/c7-5-3-1-2-4-6(5)8;/h1-4H;1H. The highest BCUT2D eigenvalue weighted by molar-refractivity contribution is 9.13. The highest BCUT2D eigenvalue weighted by Crippen LogP contribution is 2.20. The molecule has 0 saturated heterocycles. The Labute approximate surface area is 77.3 Å². The van der Waals surface area contributed by atoms with E-state index in [4.69, 9.17) is 0 Å². The first kappa shape index (κ1) is 9.47. The Morgan fingerprint density at radius 2 is 1.22 bits per heavy atom. The molecule has 0 nitrogen and oxygen atoms in total. The molecule has 1 rings (SSSR count). The molecule has 1 aromatic carbocycles. The molecular formula is C6H5Br2Cl. The van der Waals surface area contributed by atoms with Gasteiger partial charge >= 0.3 is 0 Å². The van der Waals surface area contributed by atoms with Gasteiger partial charge in [0.1, 0.15) is 0 Å². The minimum atomic E-state index is 0. The molecule has 0 fully saturated rings. The van der Waals surface area contributed by atoms with Gasteiger partial charge in [0.05, 0.1) is 0 Å². The van der Waals surface area contributed by atoms with Crippen LogP contribution in [0, 0.1) is 0 Å². The Hall–Kier alpha value is 0.470. The Morgan fingerprint density at radius 1 is 0.889 bits per heavy atom. The minimum absolute atomic E-state index is 0. The Kier molecular flexibility index (Phi) is 4.54. The molecule has 0 aromatic heterocycles. The zero-order valence-electron chi connectivity index (χ0n) is 4.47. The lowest BCUT2D eigenvalue weighted by Gasteiger charge is -1.89. The van der Waals surface area contributed by atoms with Crippen molar-refractivity contribution >= 4 is 44.3 Å². The van der Waals surface area contributed by atoms with Crippen molar-refractivity contribution in [2.45, 2.75) is 0 Å². The summed E-state index contributed by atoms with van der Waals surface area (Å²) in [5.41, 5.74) is 0. The Morgan fingerprint density at radius 3 is 1.44 bits per heavy atom. The van der Waals surface area contributed by atoms with Gasteiger partial charge in [-0.1, -0.05) is 12.1 Å². The van der Waals surface area contributed by atoms with Crippen molar-refractivity contribution in [1.29, 1.82) is 0 Å². The number of benzene rings is 1. The van der Waals surface area contributed by atoms with Crippen LogP contribution in [-0.4, -0.2) is 0 Å². The van der Waals surface area contributed by atoms with E-state index in [-0.39, 0.29) is 12.4 Å². The van der Waals surface area contributed by atoms with Crippen LogP contribution in [0.4, 0.5) is 0 Å². The van der Waals surface area contributed by atoms with Crippen LogP contribution in [-0.2, 0) is 0 Å². The lowest BCUT2D eigenvalue weighted by atomic mass is 10.4. The first-order chi connectivity index (χ1) is 3.80. The fourth-order valence-corrected chi connectivity index (χ4v) is 1.01. The van der Waals surface area contributed by atoms with Crippen molar-refractivity contribution in [3.05, 3.63) is 33.2 Å². The number of halogens is 3. The lowest BCUT2D eigenvalue weighted by molar-refractivity contribution is 1.59. The lowest BCUT2D eigenvalue weighted by Crippen LogP contribution is -1.63. The summed E-state index contributed by atoms with van der Waals surface area (Å²) in [6, 6.07) is 7.94. The minimum Gasteiger partial charge on any atom is -0.147 e. The van der Waals surface area contributed by atoms with E-state index in [0.717, 1.165) is 8.95 Å². The van der Waals surface area contributed by atoms with Gasteiger partial charge in [0.15, 0.2) is 0 Å². The van der Waals surface area contributed by atoms with Crippen LogP contribution in [0.1, 0.15) is 0 Å². The van der Waals surface area contributed by atoms with E-state index in [1.54, 1.807) is 0 Å². The average Bonchev–Trinajstić information content (AvgIpc) is 1.77. The fraction of sp³-hybridized carbons (Fsp3) is 0. The molecule has 0 spiro atoms. The van der Waals surface area contributed by atoms with Gasteiger partial charge in [-0.3, -0.25) is 0 Å². The van der Waals surface area contributed by atoms with Gasteiger partial charge < -0.3 is 0 Å². The summed E-state index contributed by atoms with van der Waals surface area (Å²) in [5.74, 6) is 0. The Balaban J connectivity index is 0.000000640. The smallest absolute Gasteiger partial charge is 0.0317 e. The van der Waals surface area contributed by atoms with E-state index >= 15 is 0 Å². The fourth-order valence-electron chi connectivity index (χ4n) is 0.439. The molecule has 0 heterocycles. The highest BCUT2D eigenvalue weighted by Gasteiger charge is 1.88. The second kappa shape index (κ2) is 4.31. The molecular weight excluding hydrogens is 267 g/mol. The predicted octanol–water partition coefficient (Wildman–Crippen LogP) is 3.63. The average molecular weight is 272 g/mol. The molecule has 0 N–H and O–H groups in total. The Bertz CT molecular complexity index is 167. The molecule has 0 saturated carbocycles. The van der Waals surface area contributed by atoms with Gasteiger partial charge in [0, 0.05) is 8.95 Å². The summed E-state index contributed by atoms with van der Waals surface area (Å²) in [6.07, 6.45) is 0. The summed E-state index contributed by atoms with van der Waals surface area (Å²) in [4.78, 5) is 0. The van der Waals surface area contributed by atoms with E-state index < -0.39 is 0 Å². The molecule has 0 unspecified atom stereocenters. The van der Waals surface area contributed by atoms with Crippen molar-refractivity contribution in [3.63, 3.8) is 0 Å². The largest absolute Gasteiger partial charge is 0.147 e. The molecule has 50 valence electrons. The van der Waals surface area contributed by atoms with Crippen LogP contribution in [0.25, 0.3) is 0 Å². The molecule has 9 heavy (non-hydrogen) atoms. The van der Waals surface area contributed by atoms with Gasteiger partial charge in [-0.05, 0) is 44.0 Å². The maximum Gasteiger partial charge on any atom is 0.0317 e. The zero-order valence-corrected chi connectivity index (χ0v) is 8.46. The number of rotatable bonds is 0. The van der Waals surface area contributed by atoms with Crippen molar-refractivity contribution in [2.24, 2.45) is 0 Å². The molecule has 0 aliphatic carbocycles. The topological polar surface area (TPSA) is 0 Å². The number of hydrogen-bond donors (Lipinski definition) is 0. The summed E-state index contributed by atoms with van der Waals surface area (Å²) in [5, 5.41) is 0. The van der Waals surface area contributed by atoms with Crippen LogP contribution >= 0.6 is 44.3 Å². The second-order valence-corrected chi connectivity index (χ2v) is 3.12. The third-order valence-electron chi connectivity index (χ3n) is 0.824. The zero-order chi connectivity index (χ0) is 5.98.